The van der Waals surface area contributed by atoms with Gasteiger partial charge in [0.2, 0.25) is 0 Å². The molecular weight excluding hydrogens is 228 g/mol. The number of aliphatic hydroxyl groups excluding tert-OH is 3. The highest BCUT2D eigenvalue weighted by Crippen LogP contribution is 2.30. The van der Waals surface area contributed by atoms with Gasteiger partial charge in [-0.1, -0.05) is 6.58 Å². The summed E-state index contributed by atoms with van der Waals surface area (Å²) in [5.41, 5.74) is 0.478. The molecule has 0 amide bonds. The first-order chi connectivity index (χ1) is 8.01. The van der Waals surface area contributed by atoms with Crippen LogP contribution in [0.15, 0.2) is 12.2 Å². The molecule has 0 unspecified atom stereocenters. The average molecular weight is 248 g/mol. The van der Waals surface area contributed by atoms with E-state index in [9.17, 15) is 5.11 Å². The summed E-state index contributed by atoms with van der Waals surface area (Å²) in [5, 5.41) is 36.5. The lowest BCUT2D eigenvalue weighted by molar-refractivity contribution is -0.103. The molecule has 6 heteroatoms. The van der Waals surface area contributed by atoms with Crippen LogP contribution in [-0.4, -0.2) is 64.8 Å². The molecule has 0 aromatic rings. The monoisotopic (exact) mass is 248 g/mol. The summed E-state index contributed by atoms with van der Waals surface area (Å²) in [5.74, 6) is 0. The van der Waals surface area contributed by atoms with Gasteiger partial charge in [-0.3, -0.25) is 0 Å². The van der Waals surface area contributed by atoms with E-state index >= 15 is 0 Å². The van der Waals surface area contributed by atoms with E-state index in [-0.39, 0.29) is 13.0 Å². The highest BCUT2D eigenvalue weighted by Gasteiger charge is 2.41. The summed E-state index contributed by atoms with van der Waals surface area (Å²) in [6, 6.07) is 0. The van der Waals surface area contributed by atoms with Crippen LogP contribution in [0.4, 0.5) is 0 Å². The Kier molecular flexibility index (Phi) is 5.51. The van der Waals surface area contributed by atoms with Gasteiger partial charge in [0, 0.05) is 13.5 Å². The molecule has 0 saturated carbocycles. The van der Waals surface area contributed by atoms with Crippen molar-refractivity contribution in [3.63, 3.8) is 0 Å². The second kappa shape index (κ2) is 6.44. The Labute approximate surface area is 100 Å². The minimum Gasteiger partial charge on any atom is -0.394 e. The number of hydrogen-bond acceptors (Lipinski definition) is 6. The van der Waals surface area contributed by atoms with Crippen molar-refractivity contribution in [3.05, 3.63) is 12.2 Å². The second-order valence-electron chi connectivity index (χ2n) is 4.12. The Morgan fingerprint density at radius 3 is 2.59 bits per heavy atom. The summed E-state index contributed by atoms with van der Waals surface area (Å²) in [4.78, 5) is 0. The Morgan fingerprint density at radius 1 is 1.47 bits per heavy atom. The predicted molar refractivity (Wildman–Crippen MR) is 59.2 cm³/mol. The van der Waals surface area contributed by atoms with Gasteiger partial charge >= 0.3 is 0 Å². The molecule has 0 aromatic carbocycles. The van der Waals surface area contributed by atoms with Crippen LogP contribution >= 0.6 is 0 Å². The van der Waals surface area contributed by atoms with Gasteiger partial charge in [-0.15, -0.1) is 0 Å². The zero-order chi connectivity index (χ0) is 13.0. The molecule has 0 spiro atoms. The quantitative estimate of drug-likeness (QED) is 0.347. The molecule has 0 aliphatic carbocycles. The van der Waals surface area contributed by atoms with Crippen molar-refractivity contribution in [2.24, 2.45) is 0 Å². The smallest absolute Gasteiger partial charge is 0.151 e. The molecule has 1 aliphatic rings. The predicted octanol–water partition coefficient (Wildman–Crippen LogP) is -1.23. The molecule has 1 fully saturated rings. The van der Waals surface area contributed by atoms with Gasteiger partial charge < -0.3 is 29.9 Å². The summed E-state index contributed by atoms with van der Waals surface area (Å²) in [6.45, 7) is 3.46. The number of rotatable bonds is 6. The molecule has 100 valence electrons. The summed E-state index contributed by atoms with van der Waals surface area (Å²) in [7, 11) is 1.42. The first kappa shape index (κ1) is 14.6. The van der Waals surface area contributed by atoms with E-state index in [1.807, 2.05) is 0 Å². The summed E-state index contributed by atoms with van der Waals surface area (Å²) in [6.07, 6.45) is -3.55. The SMILES string of the molecule is C=C1[C@H](CCC(O)O)O[C@@H]([C@@H](CO)OC)[C@H]1O. The Bertz CT molecular complexity index is 250. The lowest BCUT2D eigenvalue weighted by atomic mass is 10.00. The van der Waals surface area contributed by atoms with E-state index in [2.05, 4.69) is 6.58 Å². The first-order valence-electron chi connectivity index (χ1n) is 5.53. The lowest BCUT2D eigenvalue weighted by Crippen LogP contribution is -2.38. The molecule has 17 heavy (non-hydrogen) atoms. The second-order valence-corrected chi connectivity index (χ2v) is 4.12. The van der Waals surface area contributed by atoms with Crippen molar-refractivity contribution in [2.75, 3.05) is 13.7 Å². The van der Waals surface area contributed by atoms with Gasteiger partial charge in [0.25, 0.3) is 0 Å². The topological polar surface area (TPSA) is 99.4 Å². The fourth-order valence-electron chi connectivity index (χ4n) is 1.91. The van der Waals surface area contributed by atoms with Crippen LogP contribution in [0.3, 0.4) is 0 Å². The minimum absolute atomic E-state index is 0.139. The fraction of sp³-hybridized carbons (Fsp3) is 0.818. The fourth-order valence-corrected chi connectivity index (χ4v) is 1.91. The zero-order valence-corrected chi connectivity index (χ0v) is 9.82. The standard InChI is InChI=1S/C11H20O6/c1-6-7(3-4-9(13)14)17-11(10(6)15)8(5-12)16-2/h7-15H,1,3-5H2,2H3/t7-,8+,10-,11-/m0/s1. The molecule has 6 nitrogen and oxygen atoms in total. The maximum atomic E-state index is 9.89. The molecule has 0 bridgehead atoms. The molecule has 0 radical (unpaired) electrons. The van der Waals surface area contributed by atoms with E-state index in [0.717, 1.165) is 0 Å². The van der Waals surface area contributed by atoms with Crippen LogP contribution < -0.4 is 0 Å². The number of methoxy groups -OCH3 is 1. The highest BCUT2D eigenvalue weighted by molar-refractivity contribution is 5.17. The van der Waals surface area contributed by atoms with E-state index < -0.39 is 30.7 Å². The average Bonchev–Trinajstić information content (AvgIpc) is 2.57. The van der Waals surface area contributed by atoms with Gasteiger partial charge in [0.15, 0.2) is 6.29 Å². The van der Waals surface area contributed by atoms with Gasteiger partial charge in [-0.05, 0) is 12.0 Å². The van der Waals surface area contributed by atoms with Crippen molar-refractivity contribution in [3.8, 4) is 0 Å². The van der Waals surface area contributed by atoms with Crippen LogP contribution in [0.5, 0.6) is 0 Å². The van der Waals surface area contributed by atoms with E-state index in [0.29, 0.717) is 12.0 Å². The Hall–Kier alpha value is -0.500. The normalized spacial score (nSPS) is 31.2. The van der Waals surface area contributed by atoms with Crippen molar-refractivity contribution >= 4 is 0 Å². The van der Waals surface area contributed by atoms with Crippen molar-refractivity contribution in [1.29, 1.82) is 0 Å². The minimum atomic E-state index is -1.40. The van der Waals surface area contributed by atoms with E-state index in [4.69, 9.17) is 24.8 Å². The molecule has 1 saturated heterocycles. The van der Waals surface area contributed by atoms with Crippen LogP contribution in [-0.2, 0) is 9.47 Å². The molecule has 4 atom stereocenters. The highest BCUT2D eigenvalue weighted by atomic mass is 16.6. The van der Waals surface area contributed by atoms with Crippen LogP contribution in [0.2, 0.25) is 0 Å². The maximum absolute atomic E-state index is 9.89. The van der Waals surface area contributed by atoms with Gasteiger partial charge in [0.05, 0.1) is 12.7 Å². The molecular formula is C11H20O6. The van der Waals surface area contributed by atoms with Crippen molar-refractivity contribution in [1.82, 2.24) is 0 Å². The van der Waals surface area contributed by atoms with E-state index in [1.165, 1.54) is 7.11 Å². The molecule has 4 N–H and O–H groups in total. The lowest BCUT2D eigenvalue weighted by Gasteiger charge is -2.22. The Balaban J connectivity index is 2.59. The van der Waals surface area contributed by atoms with Crippen LogP contribution in [0.25, 0.3) is 0 Å². The van der Waals surface area contributed by atoms with Gasteiger partial charge in [-0.25, -0.2) is 0 Å². The van der Waals surface area contributed by atoms with Gasteiger partial charge in [0.1, 0.15) is 18.3 Å². The molecule has 0 aromatic heterocycles. The molecule has 1 aliphatic heterocycles. The molecule has 1 heterocycles. The maximum Gasteiger partial charge on any atom is 0.151 e. The number of ether oxygens (including phenoxy) is 2. The van der Waals surface area contributed by atoms with Gasteiger partial charge in [-0.2, -0.15) is 0 Å². The third-order valence-corrected chi connectivity index (χ3v) is 2.96. The van der Waals surface area contributed by atoms with Crippen LogP contribution in [0, 0.1) is 0 Å². The number of hydrogen-bond donors (Lipinski definition) is 4. The van der Waals surface area contributed by atoms with E-state index in [1.54, 1.807) is 0 Å². The summed E-state index contributed by atoms with van der Waals surface area (Å²) < 4.78 is 10.5. The molecule has 1 rings (SSSR count). The van der Waals surface area contributed by atoms with Crippen molar-refractivity contribution in [2.45, 2.75) is 43.5 Å². The van der Waals surface area contributed by atoms with Crippen molar-refractivity contribution < 1.29 is 29.9 Å². The number of aliphatic hydroxyl groups is 4. The Morgan fingerprint density at radius 2 is 2.12 bits per heavy atom. The summed E-state index contributed by atoms with van der Waals surface area (Å²) >= 11 is 0. The third kappa shape index (κ3) is 3.48. The van der Waals surface area contributed by atoms with Crippen LogP contribution in [0.1, 0.15) is 12.8 Å². The zero-order valence-electron chi connectivity index (χ0n) is 9.82. The third-order valence-electron chi connectivity index (χ3n) is 2.96. The largest absolute Gasteiger partial charge is 0.394 e. The first-order valence-corrected chi connectivity index (χ1v) is 5.53.